The average molecular weight is 211 g/mol. The summed E-state index contributed by atoms with van der Waals surface area (Å²) in [6.45, 7) is 0. The van der Waals surface area contributed by atoms with E-state index in [1.807, 2.05) is 0 Å². The number of halogens is 1. The molecule has 0 saturated heterocycles. The number of tetrazole rings is 1. The van der Waals surface area contributed by atoms with Gasteiger partial charge in [0.2, 0.25) is 0 Å². The summed E-state index contributed by atoms with van der Waals surface area (Å²) < 4.78 is 0.874. The van der Waals surface area contributed by atoms with Crippen LogP contribution in [0.15, 0.2) is 0 Å². The van der Waals surface area contributed by atoms with Crippen molar-refractivity contribution in [1.82, 2.24) is 20.6 Å². The van der Waals surface area contributed by atoms with Crippen LogP contribution in [-0.4, -0.2) is 25.6 Å². The summed E-state index contributed by atoms with van der Waals surface area (Å²) in [4.78, 5) is 2.09. The molecule has 1 rings (SSSR count). The van der Waals surface area contributed by atoms with Crippen molar-refractivity contribution < 1.29 is 21.2 Å². The minimum atomic E-state index is 0.0310. The van der Waals surface area contributed by atoms with Gasteiger partial charge in [0.15, 0.2) is 0 Å². The maximum absolute atomic E-state index is 3.74. The molecule has 7 heavy (non-hydrogen) atoms. The number of nitrogens with zero attached hydrogens (tertiary/aromatic N) is 3. The van der Waals surface area contributed by atoms with E-state index in [-0.39, 0.29) is 21.2 Å². The van der Waals surface area contributed by atoms with Crippen LogP contribution in [0.3, 0.4) is 0 Å². The number of nitrogens with one attached hydrogen (secondary N) is 1. The Hall–Kier alpha value is -0.200. The fourth-order valence-corrected chi connectivity index (χ4v) is 0.902. The van der Waals surface area contributed by atoms with Gasteiger partial charge in [0.25, 0.3) is 0 Å². The third kappa shape index (κ3) is 1.08. The Kier molecular flexibility index (Phi) is 1.55. The third-order valence-electron chi connectivity index (χ3n) is 0.489. The topological polar surface area (TPSA) is 54.5 Å². The van der Waals surface area contributed by atoms with Gasteiger partial charge in [-0.2, -0.15) is 0 Å². The Morgan fingerprint density at radius 1 is 1.71 bits per heavy atom. The van der Waals surface area contributed by atoms with Crippen LogP contribution >= 0.6 is 0 Å². The monoisotopic (exact) mass is 211 g/mol. The van der Waals surface area contributed by atoms with Gasteiger partial charge in [0.05, 0.1) is 0 Å². The van der Waals surface area contributed by atoms with E-state index < -0.39 is 0 Å². The fourth-order valence-electron chi connectivity index (χ4n) is 0.230. The van der Waals surface area contributed by atoms with E-state index >= 15 is 0 Å². The number of aromatic amines is 1. The Morgan fingerprint density at radius 2 is 2.57 bits per heavy atom. The molecule has 1 N–H and O–H groups in total. The summed E-state index contributed by atoms with van der Waals surface area (Å²) >= 11 is 0.0310. The van der Waals surface area contributed by atoms with Crippen molar-refractivity contribution in [2.45, 2.75) is 0 Å². The first-order valence-electron chi connectivity index (χ1n) is 1.66. The first-order valence-corrected chi connectivity index (χ1v) is 4.90. The Balaban J connectivity index is 2.76. The molecule has 1 aromatic heterocycles. The third-order valence-corrected chi connectivity index (χ3v) is 1.91. The van der Waals surface area contributed by atoms with Crippen LogP contribution in [0.5, 0.6) is 0 Å². The van der Waals surface area contributed by atoms with Gasteiger partial charge >= 0.3 is 50.6 Å². The first kappa shape index (κ1) is 4.95. The number of aromatic nitrogens is 4. The number of hydrogen-bond acceptors (Lipinski definition) is 3. The van der Waals surface area contributed by atoms with E-state index in [1.165, 1.54) is 0 Å². The summed E-state index contributed by atoms with van der Waals surface area (Å²) in [5.74, 6) is 0. The molecule has 0 fully saturated rings. The van der Waals surface area contributed by atoms with Crippen LogP contribution in [-0.2, 0) is 0 Å². The second kappa shape index (κ2) is 2.20. The molecule has 1 aromatic rings. The van der Waals surface area contributed by atoms with Gasteiger partial charge < -0.3 is 0 Å². The number of rotatable bonds is 1. The second-order valence-electron chi connectivity index (χ2n) is 0.870. The van der Waals surface area contributed by atoms with Crippen LogP contribution in [0.25, 0.3) is 0 Å². The maximum atomic E-state index is 3.74. The van der Waals surface area contributed by atoms with Gasteiger partial charge in [-0.15, -0.1) is 0 Å². The molecule has 0 radical (unpaired) electrons. The Labute approximate surface area is 51.0 Å². The van der Waals surface area contributed by atoms with Gasteiger partial charge in [-0.3, -0.25) is 0 Å². The zero-order valence-corrected chi connectivity index (χ0v) is 5.88. The normalized spacial score (nSPS) is 9.86. The molecule has 0 unspecified atom stereocenters. The fraction of sp³-hybridized carbons (Fsp3) is 0.500. The predicted octanol–water partition coefficient (Wildman–Crippen LogP) is -3.91. The average Bonchev–Trinajstić information content (AvgIpc) is 2.14. The molecular formula is C2H4IN4-. The zero-order valence-electron chi connectivity index (χ0n) is 3.72. The number of H-pyrrole nitrogens is 1. The molecule has 0 aromatic carbocycles. The molecule has 5 heteroatoms. The second-order valence-corrected chi connectivity index (χ2v) is 2.91. The summed E-state index contributed by atoms with van der Waals surface area (Å²) in [6, 6.07) is 0. The van der Waals surface area contributed by atoms with E-state index in [9.17, 15) is 0 Å². The van der Waals surface area contributed by atoms with E-state index in [2.05, 4.69) is 25.6 Å². The zero-order chi connectivity index (χ0) is 5.11. The van der Waals surface area contributed by atoms with E-state index in [1.54, 1.807) is 0 Å². The minimum absolute atomic E-state index is 0.0310. The van der Waals surface area contributed by atoms with Gasteiger partial charge in [-0.25, -0.2) is 0 Å². The molecule has 0 spiro atoms. The molecule has 1 heterocycles. The van der Waals surface area contributed by atoms with Crippen molar-refractivity contribution in [2.24, 2.45) is 0 Å². The van der Waals surface area contributed by atoms with Crippen LogP contribution in [0.2, 0.25) is 0 Å². The van der Waals surface area contributed by atoms with Gasteiger partial charge in [-0.05, 0) is 0 Å². The standard InChI is InChI=1S/C2H4IN4/c1-3-2-4-6-7-5-2/h1H3,(H,4,5,6,7)/q-1. The molecule has 0 saturated carbocycles. The van der Waals surface area contributed by atoms with Crippen LogP contribution < -0.4 is 21.2 Å². The Morgan fingerprint density at radius 3 is 2.86 bits per heavy atom. The van der Waals surface area contributed by atoms with Crippen molar-refractivity contribution in [2.75, 3.05) is 4.93 Å². The first-order chi connectivity index (χ1) is 3.43. The van der Waals surface area contributed by atoms with E-state index in [0.717, 1.165) is 3.83 Å². The van der Waals surface area contributed by atoms with Crippen molar-refractivity contribution in [3.05, 3.63) is 3.83 Å². The summed E-state index contributed by atoms with van der Waals surface area (Å²) in [5, 5.41) is 13.2. The van der Waals surface area contributed by atoms with Crippen molar-refractivity contribution in [3.8, 4) is 0 Å². The number of hydrogen-bond donors (Lipinski definition) is 1. The van der Waals surface area contributed by atoms with E-state index in [4.69, 9.17) is 0 Å². The molecular weight excluding hydrogens is 207 g/mol. The Bertz CT molecular complexity index is 124. The van der Waals surface area contributed by atoms with Crippen LogP contribution in [0, 0.1) is 3.83 Å². The summed E-state index contributed by atoms with van der Waals surface area (Å²) in [6.07, 6.45) is 0. The number of alkyl halides is 1. The van der Waals surface area contributed by atoms with Crippen LogP contribution in [0.1, 0.15) is 0 Å². The molecule has 0 amide bonds. The quantitative estimate of drug-likeness (QED) is 0.381. The molecule has 0 aliphatic heterocycles. The molecule has 0 aliphatic rings. The van der Waals surface area contributed by atoms with Gasteiger partial charge in [-0.1, -0.05) is 0 Å². The summed E-state index contributed by atoms with van der Waals surface area (Å²) in [5.41, 5.74) is 0. The molecule has 0 aliphatic carbocycles. The predicted molar refractivity (Wildman–Crippen MR) is 18.8 cm³/mol. The van der Waals surface area contributed by atoms with E-state index in [0.29, 0.717) is 0 Å². The van der Waals surface area contributed by atoms with Crippen molar-refractivity contribution in [1.29, 1.82) is 0 Å². The molecule has 0 atom stereocenters. The van der Waals surface area contributed by atoms with Gasteiger partial charge in [0, 0.05) is 0 Å². The van der Waals surface area contributed by atoms with Crippen LogP contribution in [0.4, 0.5) is 0 Å². The molecule has 40 valence electrons. The molecule has 4 nitrogen and oxygen atoms in total. The van der Waals surface area contributed by atoms with Gasteiger partial charge in [0.1, 0.15) is 0 Å². The SMILES string of the molecule is C[I-]c1nn[nH]n1. The molecule has 0 bridgehead atoms. The van der Waals surface area contributed by atoms with Crippen molar-refractivity contribution in [3.63, 3.8) is 0 Å². The summed E-state index contributed by atoms with van der Waals surface area (Å²) in [7, 11) is 0. The van der Waals surface area contributed by atoms with Crippen molar-refractivity contribution >= 4 is 0 Å².